The molecule has 0 spiro atoms. The van der Waals surface area contributed by atoms with Crippen LogP contribution in [0.1, 0.15) is 29.4 Å². The third-order valence-electron chi connectivity index (χ3n) is 2.97. The van der Waals surface area contributed by atoms with Gasteiger partial charge in [0, 0.05) is 11.8 Å². The summed E-state index contributed by atoms with van der Waals surface area (Å²) < 4.78 is 7.27. The summed E-state index contributed by atoms with van der Waals surface area (Å²) in [6, 6.07) is 0. The Morgan fingerprint density at radius 2 is 2.12 bits per heavy atom. The van der Waals surface area contributed by atoms with Gasteiger partial charge in [0.15, 0.2) is 5.65 Å². The van der Waals surface area contributed by atoms with Gasteiger partial charge in [0.1, 0.15) is 5.76 Å². The summed E-state index contributed by atoms with van der Waals surface area (Å²) >= 11 is 0. The molecule has 0 unspecified atom stereocenters. The summed E-state index contributed by atoms with van der Waals surface area (Å²) in [5.41, 5.74) is 4.92. The monoisotopic (exact) mass is 231 g/mol. The molecule has 0 aliphatic rings. The van der Waals surface area contributed by atoms with E-state index in [0.29, 0.717) is 12.4 Å². The first-order valence-corrected chi connectivity index (χ1v) is 5.69. The van der Waals surface area contributed by atoms with Crippen molar-refractivity contribution in [2.24, 2.45) is 0 Å². The SMILES string of the molecule is C=C(OCC)c1cnc2c(C)c(C)nn2c1C. The van der Waals surface area contributed by atoms with Gasteiger partial charge in [-0.25, -0.2) is 9.50 Å². The summed E-state index contributed by atoms with van der Waals surface area (Å²) in [7, 11) is 0. The fourth-order valence-electron chi connectivity index (χ4n) is 1.84. The van der Waals surface area contributed by atoms with Crippen LogP contribution in [0.25, 0.3) is 11.4 Å². The molecule has 0 saturated heterocycles. The summed E-state index contributed by atoms with van der Waals surface area (Å²) in [6.45, 7) is 12.5. The highest BCUT2D eigenvalue weighted by atomic mass is 16.5. The number of hydrogen-bond donors (Lipinski definition) is 0. The fourth-order valence-corrected chi connectivity index (χ4v) is 1.84. The Morgan fingerprint density at radius 3 is 2.76 bits per heavy atom. The van der Waals surface area contributed by atoms with Gasteiger partial charge in [0.05, 0.1) is 23.6 Å². The molecule has 2 aromatic rings. The second-order valence-corrected chi connectivity index (χ2v) is 4.06. The zero-order valence-corrected chi connectivity index (χ0v) is 10.7. The molecule has 0 radical (unpaired) electrons. The molecule has 0 aromatic carbocycles. The lowest BCUT2D eigenvalue weighted by molar-refractivity contribution is 0.298. The number of fused-ring (bicyclic) bond motifs is 1. The van der Waals surface area contributed by atoms with Crippen LogP contribution in [-0.2, 0) is 4.74 Å². The lowest BCUT2D eigenvalue weighted by atomic mass is 10.2. The van der Waals surface area contributed by atoms with Crippen LogP contribution in [0.3, 0.4) is 0 Å². The van der Waals surface area contributed by atoms with Crippen molar-refractivity contribution in [1.82, 2.24) is 14.6 Å². The average Bonchev–Trinajstić information content (AvgIpc) is 2.58. The van der Waals surface area contributed by atoms with Crippen LogP contribution in [-0.4, -0.2) is 21.2 Å². The second-order valence-electron chi connectivity index (χ2n) is 4.06. The van der Waals surface area contributed by atoms with Crippen molar-refractivity contribution in [3.05, 3.63) is 35.3 Å². The maximum absolute atomic E-state index is 5.42. The largest absolute Gasteiger partial charge is 0.494 e. The van der Waals surface area contributed by atoms with Gasteiger partial charge >= 0.3 is 0 Å². The highest BCUT2D eigenvalue weighted by Gasteiger charge is 2.12. The van der Waals surface area contributed by atoms with Crippen LogP contribution < -0.4 is 0 Å². The van der Waals surface area contributed by atoms with Gasteiger partial charge < -0.3 is 4.74 Å². The molecule has 4 nitrogen and oxygen atoms in total. The summed E-state index contributed by atoms with van der Waals surface area (Å²) in [5.74, 6) is 0.644. The van der Waals surface area contributed by atoms with E-state index in [2.05, 4.69) is 16.7 Å². The van der Waals surface area contributed by atoms with Crippen molar-refractivity contribution in [3.63, 3.8) is 0 Å². The zero-order chi connectivity index (χ0) is 12.6. The molecule has 17 heavy (non-hydrogen) atoms. The number of hydrogen-bond acceptors (Lipinski definition) is 3. The van der Waals surface area contributed by atoms with Crippen molar-refractivity contribution in [1.29, 1.82) is 0 Å². The van der Waals surface area contributed by atoms with E-state index < -0.39 is 0 Å². The van der Waals surface area contributed by atoms with Gasteiger partial charge in [0.25, 0.3) is 0 Å². The quantitative estimate of drug-likeness (QED) is 0.762. The van der Waals surface area contributed by atoms with Crippen molar-refractivity contribution >= 4 is 11.4 Å². The molecule has 0 atom stereocenters. The third-order valence-corrected chi connectivity index (χ3v) is 2.97. The summed E-state index contributed by atoms with van der Waals surface area (Å²) in [6.07, 6.45) is 1.80. The van der Waals surface area contributed by atoms with E-state index in [4.69, 9.17) is 4.74 Å². The predicted molar refractivity (Wildman–Crippen MR) is 67.9 cm³/mol. The first kappa shape index (κ1) is 11.6. The summed E-state index contributed by atoms with van der Waals surface area (Å²) in [4.78, 5) is 4.43. The minimum Gasteiger partial charge on any atom is -0.494 e. The van der Waals surface area contributed by atoms with Crippen LogP contribution in [0, 0.1) is 20.8 Å². The molecule has 4 heteroatoms. The molecular formula is C13H17N3O. The van der Waals surface area contributed by atoms with E-state index in [1.807, 2.05) is 32.2 Å². The Balaban J connectivity index is 2.62. The van der Waals surface area contributed by atoms with Crippen LogP contribution in [0.4, 0.5) is 0 Å². The third kappa shape index (κ3) is 1.79. The van der Waals surface area contributed by atoms with E-state index >= 15 is 0 Å². The maximum Gasteiger partial charge on any atom is 0.158 e. The average molecular weight is 231 g/mol. The topological polar surface area (TPSA) is 39.4 Å². The van der Waals surface area contributed by atoms with E-state index in [-0.39, 0.29) is 0 Å². The van der Waals surface area contributed by atoms with Gasteiger partial charge in [-0.1, -0.05) is 6.58 Å². The molecule has 2 aromatic heterocycles. The van der Waals surface area contributed by atoms with Gasteiger partial charge in [-0.15, -0.1) is 0 Å². The van der Waals surface area contributed by atoms with Crippen molar-refractivity contribution in [2.75, 3.05) is 6.61 Å². The molecule has 0 amide bonds. The van der Waals surface area contributed by atoms with E-state index in [9.17, 15) is 0 Å². The molecule has 0 aliphatic carbocycles. The highest BCUT2D eigenvalue weighted by molar-refractivity contribution is 5.62. The van der Waals surface area contributed by atoms with Crippen LogP contribution >= 0.6 is 0 Å². The Hall–Kier alpha value is -1.84. The smallest absolute Gasteiger partial charge is 0.158 e. The van der Waals surface area contributed by atoms with Crippen molar-refractivity contribution in [3.8, 4) is 0 Å². The molecule has 90 valence electrons. The molecular weight excluding hydrogens is 214 g/mol. The van der Waals surface area contributed by atoms with Gasteiger partial charge in [-0.3, -0.25) is 0 Å². The number of rotatable bonds is 3. The van der Waals surface area contributed by atoms with Crippen LogP contribution in [0.15, 0.2) is 12.8 Å². The van der Waals surface area contributed by atoms with Crippen LogP contribution in [0.5, 0.6) is 0 Å². The Morgan fingerprint density at radius 1 is 1.41 bits per heavy atom. The normalized spacial score (nSPS) is 10.8. The first-order valence-electron chi connectivity index (χ1n) is 5.69. The molecule has 0 aliphatic heterocycles. The van der Waals surface area contributed by atoms with Gasteiger partial charge in [-0.2, -0.15) is 5.10 Å². The van der Waals surface area contributed by atoms with E-state index in [0.717, 1.165) is 28.2 Å². The molecule has 0 saturated carbocycles. The molecule has 2 heterocycles. The second kappa shape index (κ2) is 4.20. The molecule has 0 N–H and O–H groups in total. The lowest BCUT2D eigenvalue weighted by Crippen LogP contribution is -2.02. The Kier molecular flexibility index (Phi) is 2.88. The predicted octanol–water partition coefficient (Wildman–Crippen LogP) is 2.66. The van der Waals surface area contributed by atoms with Gasteiger partial charge in [-0.05, 0) is 27.7 Å². The van der Waals surface area contributed by atoms with Crippen molar-refractivity contribution in [2.45, 2.75) is 27.7 Å². The minimum absolute atomic E-state index is 0.605. The van der Waals surface area contributed by atoms with E-state index in [1.165, 1.54) is 0 Å². The number of nitrogens with zero attached hydrogens (tertiary/aromatic N) is 3. The summed E-state index contributed by atoms with van der Waals surface area (Å²) in [5, 5.41) is 4.47. The molecule has 0 bridgehead atoms. The first-order chi connectivity index (χ1) is 8.06. The lowest BCUT2D eigenvalue weighted by Gasteiger charge is -2.10. The Bertz CT molecular complexity index is 584. The zero-order valence-electron chi connectivity index (χ0n) is 10.7. The van der Waals surface area contributed by atoms with Crippen molar-refractivity contribution < 1.29 is 4.74 Å². The standard InChI is InChI=1S/C13H17N3O/c1-6-17-11(5)12-7-14-13-8(2)9(3)15-16(13)10(12)4/h7H,5-6H2,1-4H3. The minimum atomic E-state index is 0.605. The van der Waals surface area contributed by atoms with E-state index in [1.54, 1.807) is 6.20 Å². The highest BCUT2D eigenvalue weighted by Crippen LogP contribution is 2.20. The molecule has 0 fully saturated rings. The number of aryl methyl sites for hydroxylation is 3. The molecule has 2 rings (SSSR count). The van der Waals surface area contributed by atoms with Crippen LogP contribution in [0.2, 0.25) is 0 Å². The Labute approximate surface area is 101 Å². The fraction of sp³-hybridized carbons (Fsp3) is 0.385. The maximum atomic E-state index is 5.42. The van der Waals surface area contributed by atoms with Gasteiger partial charge in [0.2, 0.25) is 0 Å². The number of aromatic nitrogens is 3. The number of ether oxygens (including phenoxy) is 1.